The Hall–Kier alpha value is -3.44. The lowest BCUT2D eigenvalue weighted by Gasteiger charge is -2.24. The third-order valence-corrected chi connectivity index (χ3v) is 7.23. The van der Waals surface area contributed by atoms with E-state index in [0.29, 0.717) is 59.8 Å². The van der Waals surface area contributed by atoms with Crippen LogP contribution in [0.25, 0.3) is 10.9 Å². The van der Waals surface area contributed by atoms with Crippen LogP contribution in [0.4, 0.5) is 21.6 Å². The van der Waals surface area contributed by atoms with Crippen molar-refractivity contribution < 1.29 is 23.5 Å². The number of thioether (sulfide) groups is 1. The average molecular weight is 560 g/mol. The molecule has 1 aliphatic heterocycles. The van der Waals surface area contributed by atoms with Crippen molar-refractivity contribution in [2.45, 2.75) is 32.7 Å². The predicted octanol–water partition coefficient (Wildman–Crippen LogP) is 4.82. The number of ether oxygens (including phenoxy) is 1. The predicted molar refractivity (Wildman–Crippen MR) is 147 cm³/mol. The molecule has 1 atom stereocenters. The van der Waals surface area contributed by atoms with Crippen LogP contribution in [-0.2, 0) is 14.4 Å². The van der Waals surface area contributed by atoms with Gasteiger partial charge >= 0.3 is 0 Å². The number of carbonyl (C=O) groups excluding carboxylic acids is 3. The molecule has 0 bridgehead atoms. The number of carbonyl (C=O) groups is 3. The van der Waals surface area contributed by atoms with Gasteiger partial charge < -0.3 is 20.3 Å². The first-order chi connectivity index (χ1) is 18.3. The maximum absolute atomic E-state index is 13.6. The summed E-state index contributed by atoms with van der Waals surface area (Å²) in [5, 5.41) is 6.60. The van der Waals surface area contributed by atoms with Gasteiger partial charge in [-0.15, -0.1) is 11.8 Å². The van der Waals surface area contributed by atoms with Crippen LogP contribution in [0.5, 0.6) is 5.75 Å². The maximum atomic E-state index is 13.6. The first-order valence-corrected chi connectivity index (χ1v) is 13.6. The van der Waals surface area contributed by atoms with Crippen LogP contribution in [0.3, 0.4) is 0 Å². The second-order valence-electron chi connectivity index (χ2n) is 8.70. The van der Waals surface area contributed by atoms with Gasteiger partial charge in [0.2, 0.25) is 11.8 Å². The number of nitrogens with zero attached hydrogens (tertiary/aromatic N) is 3. The van der Waals surface area contributed by atoms with Crippen molar-refractivity contribution in [1.82, 2.24) is 14.9 Å². The molecule has 3 aromatic rings. The summed E-state index contributed by atoms with van der Waals surface area (Å²) in [6, 6.07) is 7.01. The topological polar surface area (TPSA) is 114 Å². The van der Waals surface area contributed by atoms with Crippen LogP contribution < -0.4 is 15.4 Å². The molecule has 12 heteroatoms. The monoisotopic (exact) mass is 559 g/mol. The quantitative estimate of drug-likeness (QED) is 0.363. The number of hydrogen-bond acceptors (Lipinski definition) is 8. The van der Waals surface area contributed by atoms with Gasteiger partial charge in [0, 0.05) is 23.7 Å². The number of ketones is 1. The molecule has 1 unspecified atom stereocenters. The highest BCUT2D eigenvalue weighted by Crippen LogP contribution is 2.34. The van der Waals surface area contributed by atoms with Crippen LogP contribution in [0.2, 0.25) is 5.02 Å². The zero-order valence-corrected chi connectivity index (χ0v) is 22.5. The van der Waals surface area contributed by atoms with E-state index in [1.165, 1.54) is 43.2 Å². The number of nitrogens with one attached hydrogen (secondary N) is 2. The van der Waals surface area contributed by atoms with E-state index in [9.17, 15) is 18.8 Å². The maximum Gasteiger partial charge on any atom is 0.247 e. The fraction of sp³-hybridized carbons (Fsp3) is 0.346. The van der Waals surface area contributed by atoms with Crippen molar-refractivity contribution in [3.05, 3.63) is 47.5 Å². The van der Waals surface area contributed by atoms with Gasteiger partial charge in [-0.3, -0.25) is 14.4 Å². The molecule has 1 fully saturated rings. The van der Waals surface area contributed by atoms with Gasteiger partial charge in [-0.2, -0.15) is 0 Å². The summed E-state index contributed by atoms with van der Waals surface area (Å²) in [6.07, 6.45) is 2.63. The number of amides is 2. The minimum atomic E-state index is -0.628. The lowest BCUT2D eigenvalue weighted by molar-refractivity contribution is -0.134. The molecular formula is C26H27ClFN5O4S. The van der Waals surface area contributed by atoms with Gasteiger partial charge in [-0.25, -0.2) is 14.4 Å². The highest BCUT2D eigenvalue weighted by atomic mass is 35.5. The Labute approximate surface area is 228 Å². The lowest BCUT2D eigenvalue weighted by atomic mass is 10.1. The molecule has 0 radical (unpaired) electrons. The molecule has 2 aromatic carbocycles. The van der Waals surface area contributed by atoms with Crippen molar-refractivity contribution in [2.24, 2.45) is 0 Å². The Balaban J connectivity index is 1.59. The van der Waals surface area contributed by atoms with E-state index in [4.69, 9.17) is 16.3 Å². The summed E-state index contributed by atoms with van der Waals surface area (Å²) < 4.78 is 19.4. The fourth-order valence-corrected chi connectivity index (χ4v) is 5.10. The number of anilines is 3. The van der Waals surface area contributed by atoms with Gasteiger partial charge in [-0.1, -0.05) is 11.6 Å². The lowest BCUT2D eigenvalue weighted by Crippen LogP contribution is -2.44. The van der Waals surface area contributed by atoms with Crippen LogP contribution in [-0.4, -0.2) is 63.2 Å². The van der Waals surface area contributed by atoms with Crippen LogP contribution >= 0.6 is 23.4 Å². The highest BCUT2D eigenvalue weighted by molar-refractivity contribution is 8.00. The van der Waals surface area contributed by atoms with Crippen molar-refractivity contribution in [1.29, 1.82) is 0 Å². The Kier molecular flexibility index (Phi) is 9.01. The molecule has 1 aliphatic rings. The standard InChI is InChI=1S/C26H27ClFN5O4S/c1-3-37-23-11-20-17(25(30-14-29-20)31-16-6-7-19(28)18(27)9-16)10-21(23)32-26(36)22-5-4-8-33(22)24(35)13-38-12-15(2)34/h6-7,9-11,14,22H,3-5,8,12-13H2,1-2H3,(H,32,36)(H,29,30,31). The smallest absolute Gasteiger partial charge is 0.247 e. The van der Waals surface area contributed by atoms with E-state index in [1.807, 2.05) is 6.92 Å². The van der Waals surface area contributed by atoms with Crippen molar-refractivity contribution >= 4 is 69.1 Å². The third-order valence-electron chi connectivity index (χ3n) is 5.88. The summed E-state index contributed by atoms with van der Waals surface area (Å²) in [5.41, 5.74) is 1.50. The summed E-state index contributed by atoms with van der Waals surface area (Å²) in [6.45, 7) is 4.15. The van der Waals surface area contributed by atoms with E-state index >= 15 is 0 Å². The first-order valence-electron chi connectivity index (χ1n) is 12.1. The van der Waals surface area contributed by atoms with Gasteiger partial charge in [-0.05, 0) is 51.0 Å². The molecule has 0 spiro atoms. The number of rotatable bonds is 10. The molecule has 9 nitrogen and oxygen atoms in total. The second kappa shape index (κ2) is 12.4. The molecule has 38 heavy (non-hydrogen) atoms. The Bertz CT molecular complexity index is 1370. The molecule has 4 rings (SSSR count). The van der Waals surface area contributed by atoms with Gasteiger partial charge in [0.05, 0.1) is 34.3 Å². The molecule has 200 valence electrons. The Morgan fingerprint density at radius 2 is 2.03 bits per heavy atom. The molecular weight excluding hydrogens is 533 g/mol. The summed E-state index contributed by atoms with van der Waals surface area (Å²) in [7, 11) is 0. The summed E-state index contributed by atoms with van der Waals surface area (Å²) in [5.74, 6) is 0.218. The van der Waals surface area contributed by atoms with Crippen LogP contribution in [0.1, 0.15) is 26.7 Å². The largest absolute Gasteiger partial charge is 0.492 e. The summed E-state index contributed by atoms with van der Waals surface area (Å²) >= 11 is 7.16. The Morgan fingerprint density at radius 3 is 2.76 bits per heavy atom. The third kappa shape index (κ3) is 6.51. The normalized spacial score (nSPS) is 14.9. The van der Waals surface area contributed by atoms with E-state index in [2.05, 4.69) is 20.6 Å². The zero-order valence-electron chi connectivity index (χ0n) is 20.9. The highest BCUT2D eigenvalue weighted by Gasteiger charge is 2.34. The fourth-order valence-electron chi connectivity index (χ4n) is 4.19. The second-order valence-corrected chi connectivity index (χ2v) is 10.1. The number of benzene rings is 2. The van der Waals surface area contributed by atoms with Crippen molar-refractivity contribution in [3.8, 4) is 5.75 Å². The average Bonchev–Trinajstić information content (AvgIpc) is 3.37. The number of Topliss-reactive ketones (excluding diaryl/α,β-unsaturated/α-hetero) is 1. The van der Waals surface area contributed by atoms with E-state index in [1.54, 1.807) is 17.0 Å². The molecule has 0 aliphatic carbocycles. The van der Waals surface area contributed by atoms with Gasteiger partial charge in [0.15, 0.2) is 0 Å². The molecule has 2 heterocycles. The molecule has 2 N–H and O–H groups in total. The minimum Gasteiger partial charge on any atom is -0.492 e. The SMILES string of the molecule is CCOc1cc2ncnc(Nc3ccc(F)c(Cl)c3)c2cc1NC(=O)C1CCCN1C(=O)CSCC(C)=O. The number of hydrogen-bond donors (Lipinski definition) is 2. The van der Waals surface area contributed by atoms with Gasteiger partial charge in [0.25, 0.3) is 0 Å². The first kappa shape index (κ1) is 27.6. The molecule has 1 saturated heterocycles. The van der Waals surface area contributed by atoms with Crippen LogP contribution in [0.15, 0.2) is 36.7 Å². The summed E-state index contributed by atoms with van der Waals surface area (Å²) in [4.78, 5) is 47.5. The Morgan fingerprint density at radius 1 is 1.21 bits per heavy atom. The molecule has 0 saturated carbocycles. The minimum absolute atomic E-state index is 0.00126. The van der Waals surface area contributed by atoms with Crippen molar-refractivity contribution in [2.75, 3.05) is 35.3 Å². The molecule has 1 aromatic heterocycles. The van der Waals surface area contributed by atoms with E-state index < -0.39 is 11.9 Å². The number of halogens is 2. The van der Waals surface area contributed by atoms with Gasteiger partial charge in [0.1, 0.15) is 35.5 Å². The van der Waals surface area contributed by atoms with E-state index in [0.717, 1.165) is 0 Å². The number of fused-ring (bicyclic) bond motifs is 1. The molecule has 2 amide bonds. The van der Waals surface area contributed by atoms with E-state index in [-0.39, 0.29) is 34.1 Å². The van der Waals surface area contributed by atoms with Crippen LogP contribution in [0, 0.1) is 5.82 Å². The zero-order chi connectivity index (χ0) is 27.2. The number of likely N-dealkylation sites (tertiary alicyclic amines) is 1. The number of aromatic nitrogens is 2. The van der Waals surface area contributed by atoms with Crippen molar-refractivity contribution in [3.63, 3.8) is 0 Å².